The average molecular weight is 256 g/mol. The third-order valence-corrected chi connectivity index (χ3v) is 3.92. The third kappa shape index (κ3) is 4.94. The van der Waals surface area contributed by atoms with Crippen LogP contribution >= 0.6 is 0 Å². The lowest BCUT2D eigenvalue weighted by Crippen LogP contribution is -2.44. The predicted octanol–water partition coefficient (Wildman–Crippen LogP) is 1.51. The normalized spacial score (nSPS) is 21.9. The Morgan fingerprint density at radius 3 is 2.89 bits per heavy atom. The molecule has 1 aliphatic heterocycles. The molecule has 2 atom stereocenters. The summed E-state index contributed by atoms with van der Waals surface area (Å²) in [6.07, 6.45) is 6.60. The molecule has 0 bridgehead atoms. The van der Waals surface area contributed by atoms with Gasteiger partial charge in [0.2, 0.25) is 5.91 Å². The van der Waals surface area contributed by atoms with E-state index in [2.05, 4.69) is 6.92 Å². The Kier molecular flexibility index (Phi) is 7.28. The van der Waals surface area contributed by atoms with Crippen molar-refractivity contribution in [1.29, 1.82) is 0 Å². The molecule has 1 heterocycles. The first-order valence-corrected chi connectivity index (χ1v) is 7.29. The van der Waals surface area contributed by atoms with Crippen LogP contribution in [-0.2, 0) is 4.79 Å². The van der Waals surface area contributed by atoms with Gasteiger partial charge in [-0.05, 0) is 51.0 Å². The van der Waals surface area contributed by atoms with E-state index in [0.717, 1.165) is 38.6 Å². The quantitative estimate of drug-likeness (QED) is 0.725. The minimum absolute atomic E-state index is 0.179. The Morgan fingerprint density at radius 1 is 1.44 bits per heavy atom. The smallest absolute Gasteiger partial charge is 0.222 e. The van der Waals surface area contributed by atoms with E-state index in [1.54, 1.807) is 0 Å². The molecule has 4 heteroatoms. The van der Waals surface area contributed by atoms with E-state index in [0.29, 0.717) is 18.9 Å². The van der Waals surface area contributed by atoms with Crippen LogP contribution in [0.2, 0.25) is 0 Å². The zero-order valence-corrected chi connectivity index (χ0v) is 11.6. The molecular weight excluding hydrogens is 228 g/mol. The lowest BCUT2D eigenvalue weighted by molar-refractivity contribution is -0.135. The fraction of sp³-hybridized carbons (Fsp3) is 0.929. The Bertz CT molecular complexity index is 244. The van der Waals surface area contributed by atoms with Gasteiger partial charge in [0.05, 0.1) is 0 Å². The molecule has 1 rings (SSSR count). The molecule has 3 N–H and O–H groups in total. The van der Waals surface area contributed by atoms with E-state index in [1.807, 2.05) is 4.90 Å². The zero-order chi connectivity index (χ0) is 13.4. The number of amides is 1. The van der Waals surface area contributed by atoms with Crippen LogP contribution in [0, 0.1) is 5.92 Å². The van der Waals surface area contributed by atoms with Crippen molar-refractivity contribution < 1.29 is 9.90 Å². The number of aliphatic hydroxyl groups excluding tert-OH is 1. The number of carbonyl (C=O) groups excluding carboxylic acids is 1. The first kappa shape index (κ1) is 15.4. The topological polar surface area (TPSA) is 66.6 Å². The molecule has 0 aliphatic carbocycles. The van der Waals surface area contributed by atoms with Gasteiger partial charge in [-0.2, -0.15) is 0 Å². The first-order valence-electron chi connectivity index (χ1n) is 7.29. The Labute approximate surface area is 111 Å². The van der Waals surface area contributed by atoms with Gasteiger partial charge >= 0.3 is 0 Å². The number of nitrogens with zero attached hydrogens (tertiary/aromatic N) is 1. The zero-order valence-electron chi connectivity index (χ0n) is 11.6. The molecule has 2 unspecified atom stereocenters. The summed E-state index contributed by atoms with van der Waals surface area (Å²) in [5.74, 6) is 0.789. The van der Waals surface area contributed by atoms with Crippen molar-refractivity contribution in [3.63, 3.8) is 0 Å². The maximum Gasteiger partial charge on any atom is 0.222 e. The second-order valence-corrected chi connectivity index (χ2v) is 5.47. The van der Waals surface area contributed by atoms with Gasteiger partial charge in [0.15, 0.2) is 0 Å². The number of carbonyl (C=O) groups is 1. The molecule has 18 heavy (non-hydrogen) atoms. The highest BCUT2D eigenvalue weighted by molar-refractivity contribution is 5.76. The number of nitrogens with two attached hydrogens (primary N) is 1. The van der Waals surface area contributed by atoms with E-state index in [1.165, 1.54) is 6.42 Å². The molecule has 0 spiro atoms. The molecular formula is C14H28N2O2. The van der Waals surface area contributed by atoms with Crippen molar-refractivity contribution >= 4 is 5.91 Å². The van der Waals surface area contributed by atoms with Gasteiger partial charge in [-0.3, -0.25) is 4.79 Å². The fourth-order valence-electron chi connectivity index (χ4n) is 2.72. The van der Waals surface area contributed by atoms with E-state index in [-0.39, 0.29) is 18.6 Å². The van der Waals surface area contributed by atoms with Gasteiger partial charge in [0, 0.05) is 25.6 Å². The second kappa shape index (κ2) is 8.48. The summed E-state index contributed by atoms with van der Waals surface area (Å²) in [5, 5.41) is 9.05. The molecule has 4 nitrogen and oxygen atoms in total. The summed E-state index contributed by atoms with van der Waals surface area (Å²) < 4.78 is 0. The molecule has 0 aromatic heterocycles. The van der Waals surface area contributed by atoms with Crippen LogP contribution in [0.1, 0.15) is 51.9 Å². The van der Waals surface area contributed by atoms with Gasteiger partial charge in [0.25, 0.3) is 0 Å². The highest BCUT2D eigenvalue weighted by atomic mass is 16.3. The summed E-state index contributed by atoms with van der Waals surface area (Å²) >= 11 is 0. The summed E-state index contributed by atoms with van der Waals surface area (Å²) in [6, 6.07) is 0.265. The van der Waals surface area contributed by atoms with Crippen LogP contribution in [0.15, 0.2) is 0 Å². The maximum absolute atomic E-state index is 12.2. The number of aliphatic hydroxyl groups is 1. The second-order valence-electron chi connectivity index (χ2n) is 5.47. The molecule has 0 aromatic rings. The van der Waals surface area contributed by atoms with Crippen LogP contribution in [0.5, 0.6) is 0 Å². The molecule has 1 saturated heterocycles. The van der Waals surface area contributed by atoms with Crippen molar-refractivity contribution in [3.05, 3.63) is 0 Å². The Balaban J connectivity index is 2.37. The van der Waals surface area contributed by atoms with E-state index in [4.69, 9.17) is 10.8 Å². The van der Waals surface area contributed by atoms with Crippen LogP contribution < -0.4 is 5.73 Å². The van der Waals surface area contributed by atoms with Crippen molar-refractivity contribution in [2.75, 3.05) is 19.7 Å². The number of likely N-dealkylation sites (tertiary alicyclic amines) is 1. The van der Waals surface area contributed by atoms with Crippen molar-refractivity contribution in [3.8, 4) is 0 Å². The van der Waals surface area contributed by atoms with Gasteiger partial charge in [-0.25, -0.2) is 0 Å². The monoisotopic (exact) mass is 256 g/mol. The third-order valence-electron chi connectivity index (χ3n) is 3.92. The highest BCUT2D eigenvalue weighted by Gasteiger charge is 2.25. The standard InChI is InChI=1S/C14H28N2O2/c1-12(7-9-15)5-6-14(18)16-10-3-2-4-13(16)8-11-17/h12-13,17H,2-11,15H2,1H3. The molecule has 1 amide bonds. The summed E-state index contributed by atoms with van der Waals surface area (Å²) in [7, 11) is 0. The molecule has 106 valence electrons. The average Bonchev–Trinajstić information content (AvgIpc) is 2.37. The van der Waals surface area contributed by atoms with E-state index in [9.17, 15) is 4.79 Å². The number of hydrogen-bond acceptors (Lipinski definition) is 3. The van der Waals surface area contributed by atoms with Crippen LogP contribution in [-0.4, -0.2) is 41.7 Å². The summed E-state index contributed by atoms with van der Waals surface area (Å²) in [6.45, 7) is 3.90. The van der Waals surface area contributed by atoms with Crippen LogP contribution in [0.4, 0.5) is 0 Å². The minimum atomic E-state index is 0.179. The minimum Gasteiger partial charge on any atom is -0.396 e. The lowest BCUT2D eigenvalue weighted by Gasteiger charge is -2.36. The number of rotatable bonds is 7. The van der Waals surface area contributed by atoms with Crippen LogP contribution in [0.3, 0.4) is 0 Å². The fourth-order valence-corrected chi connectivity index (χ4v) is 2.72. The number of piperidine rings is 1. The van der Waals surface area contributed by atoms with Crippen LogP contribution in [0.25, 0.3) is 0 Å². The highest BCUT2D eigenvalue weighted by Crippen LogP contribution is 2.21. The van der Waals surface area contributed by atoms with Gasteiger partial charge in [0.1, 0.15) is 0 Å². The SMILES string of the molecule is CC(CCN)CCC(=O)N1CCCCC1CCO. The number of hydrogen-bond donors (Lipinski definition) is 2. The van der Waals surface area contributed by atoms with E-state index >= 15 is 0 Å². The largest absolute Gasteiger partial charge is 0.396 e. The first-order chi connectivity index (χ1) is 8.69. The van der Waals surface area contributed by atoms with E-state index < -0.39 is 0 Å². The Morgan fingerprint density at radius 2 is 2.22 bits per heavy atom. The Hall–Kier alpha value is -0.610. The molecule has 0 radical (unpaired) electrons. The maximum atomic E-state index is 12.2. The lowest BCUT2D eigenvalue weighted by atomic mass is 9.97. The molecule has 1 aliphatic rings. The van der Waals surface area contributed by atoms with Crippen molar-refractivity contribution in [2.24, 2.45) is 11.7 Å². The summed E-state index contributed by atoms with van der Waals surface area (Å²) in [5.41, 5.74) is 5.52. The molecule has 0 aromatic carbocycles. The van der Waals surface area contributed by atoms with Crippen molar-refractivity contribution in [2.45, 2.75) is 57.9 Å². The van der Waals surface area contributed by atoms with Crippen molar-refractivity contribution in [1.82, 2.24) is 4.90 Å². The van der Waals surface area contributed by atoms with Gasteiger partial charge in [-0.15, -0.1) is 0 Å². The predicted molar refractivity (Wildman–Crippen MR) is 73.1 cm³/mol. The van der Waals surface area contributed by atoms with Gasteiger partial charge in [-0.1, -0.05) is 6.92 Å². The molecule has 0 saturated carbocycles. The molecule has 1 fully saturated rings. The summed E-state index contributed by atoms with van der Waals surface area (Å²) in [4.78, 5) is 14.2. The van der Waals surface area contributed by atoms with Gasteiger partial charge < -0.3 is 15.7 Å².